The lowest BCUT2D eigenvalue weighted by Gasteiger charge is -2.47. The molecule has 3 heterocycles. The molecule has 4 N–H and O–H groups in total. The van der Waals surface area contributed by atoms with E-state index in [1.165, 1.54) is 21.3 Å². The normalized spacial score (nSPS) is 20.9. The minimum Gasteiger partial charge on any atom is -0.477 e. The van der Waals surface area contributed by atoms with Crippen molar-refractivity contribution in [1.82, 2.24) is 9.58 Å². The van der Waals surface area contributed by atoms with Crippen LogP contribution in [-0.2, 0) is 46.5 Å². The second-order valence-corrected chi connectivity index (χ2v) is 7.72. The molecule has 1 fully saturated rings. The average molecular weight is 454 g/mol. The number of carboxylic acid groups (broad SMARTS) is 1. The van der Waals surface area contributed by atoms with Crippen LogP contribution >= 0.6 is 11.8 Å². The fraction of sp³-hybridized carbons (Fsp3) is 0.412. The van der Waals surface area contributed by atoms with Gasteiger partial charge in [-0.3, -0.25) is 24.1 Å². The van der Waals surface area contributed by atoms with E-state index in [1.54, 1.807) is 16.9 Å². The number of aromatic nitrogens is 2. The number of carbonyl (C=O) groups is 5. The van der Waals surface area contributed by atoms with Gasteiger partial charge in [0, 0.05) is 11.3 Å². The number of rotatable bonds is 12. The lowest BCUT2D eigenvalue weighted by atomic mass is 10.0. The number of thioether (sulfide) groups is 1. The number of hydrogen-bond acceptors (Lipinski definition) is 9. The summed E-state index contributed by atoms with van der Waals surface area (Å²) in [4.78, 5) is 57.4. The summed E-state index contributed by atoms with van der Waals surface area (Å²) < 4.78 is 12.7. The maximum absolute atomic E-state index is 12.1. The lowest BCUT2D eigenvalue weighted by molar-refractivity contribution is -0.768. The van der Waals surface area contributed by atoms with Crippen LogP contribution in [-0.4, -0.2) is 75.8 Å². The highest BCUT2D eigenvalue weighted by Crippen LogP contribution is 2.39. The number of β-lactam (4-membered cyclic amide) rings is 1. The third-order valence-corrected chi connectivity index (χ3v) is 6.18. The van der Waals surface area contributed by atoms with Crippen molar-refractivity contribution in [2.75, 3.05) is 17.7 Å². The van der Waals surface area contributed by atoms with Gasteiger partial charge in [0.2, 0.25) is 12.3 Å². The summed E-state index contributed by atoms with van der Waals surface area (Å²) in [5.74, 6) is -1.03. The predicted octanol–water partition coefficient (Wildman–Crippen LogP) is -2.36. The van der Waals surface area contributed by atoms with Crippen LogP contribution in [0.15, 0.2) is 23.5 Å². The Balaban J connectivity index is 1.92. The number of amides is 2. The van der Waals surface area contributed by atoms with Crippen molar-refractivity contribution < 1.29 is 43.2 Å². The van der Waals surface area contributed by atoms with Crippen LogP contribution in [0.2, 0.25) is 0 Å². The topological polar surface area (TPSA) is 174 Å². The molecular weight excluding hydrogens is 434 g/mol. The van der Waals surface area contributed by atoms with Crippen LogP contribution in [0.1, 0.15) is 0 Å². The lowest BCUT2D eigenvalue weighted by Crippen LogP contribution is -2.68. The molecule has 3 atom stereocenters. The van der Waals surface area contributed by atoms with Crippen LogP contribution < -0.4 is 15.7 Å². The number of hydrogen-bond donors (Lipinski definition) is 3. The summed E-state index contributed by atoms with van der Waals surface area (Å²) in [7, 11) is 0. The third-order valence-electron chi connectivity index (χ3n) is 4.82. The summed E-state index contributed by atoms with van der Waals surface area (Å²) in [5, 5.41) is 11.8. The first-order valence-corrected chi connectivity index (χ1v) is 10.1. The molecule has 1 aromatic rings. The minimum atomic E-state index is -1.24. The van der Waals surface area contributed by atoms with E-state index in [9.17, 15) is 29.1 Å². The Morgan fingerprint density at radius 2 is 2.19 bits per heavy atom. The first-order valence-electron chi connectivity index (χ1n) is 9.02. The molecule has 2 amide bonds. The smallest absolute Gasteiger partial charge is 0.352 e. The molecule has 31 heavy (non-hydrogen) atoms. The summed E-state index contributed by atoms with van der Waals surface area (Å²) in [6.45, 7) is 0.269. The average Bonchev–Trinajstić information content (AvgIpc) is 3.12. The van der Waals surface area contributed by atoms with Gasteiger partial charge in [0.05, 0.1) is 6.07 Å². The van der Waals surface area contributed by atoms with E-state index in [2.05, 4.69) is 10.1 Å². The standard InChI is InChI=1S/C17H19N5O8S/c18-13-15(26)22-14(17(27)28)10(6-31-16(13)22)3-20-2-1-12(19-7-23)21(20)4-11(30-9-25)5-29-8-24/h1-2,7-9,11,13,16H,3-6,18H2,(H,27,28)/p+1/t11?,13-,16-/m1/s1. The first-order chi connectivity index (χ1) is 14.9. The van der Waals surface area contributed by atoms with Gasteiger partial charge < -0.3 is 25.6 Å². The van der Waals surface area contributed by atoms with Gasteiger partial charge >= 0.3 is 5.97 Å². The molecule has 14 heteroatoms. The number of fused-ring (bicyclic) bond motifs is 1. The maximum atomic E-state index is 12.1. The molecule has 0 saturated carbocycles. The second-order valence-electron chi connectivity index (χ2n) is 6.62. The van der Waals surface area contributed by atoms with Gasteiger partial charge in [-0.25, -0.2) is 4.79 Å². The molecule has 0 aromatic carbocycles. The zero-order valence-electron chi connectivity index (χ0n) is 16.1. The number of aliphatic carboxylic acids is 1. The quantitative estimate of drug-likeness (QED) is 0.176. The Kier molecular flexibility index (Phi) is 6.91. The zero-order valence-corrected chi connectivity index (χ0v) is 16.9. The van der Waals surface area contributed by atoms with E-state index in [1.807, 2.05) is 0 Å². The van der Waals surface area contributed by atoms with E-state index in [-0.39, 0.29) is 38.3 Å². The van der Waals surface area contributed by atoms with Crippen molar-refractivity contribution in [1.29, 1.82) is 0 Å². The number of ether oxygens (including phenoxy) is 2. The van der Waals surface area contributed by atoms with E-state index in [0.29, 0.717) is 23.6 Å². The first kappa shape index (κ1) is 22.3. The molecule has 0 aliphatic carbocycles. The van der Waals surface area contributed by atoms with E-state index in [0.717, 1.165) is 0 Å². The largest absolute Gasteiger partial charge is 0.477 e. The van der Waals surface area contributed by atoms with Crippen LogP contribution in [0.5, 0.6) is 0 Å². The fourth-order valence-electron chi connectivity index (χ4n) is 3.44. The Morgan fingerprint density at radius 3 is 2.84 bits per heavy atom. The number of carboxylic acids is 1. The van der Waals surface area contributed by atoms with Gasteiger partial charge in [-0.1, -0.05) is 0 Å². The second kappa shape index (κ2) is 9.61. The number of anilines is 1. The molecule has 3 rings (SSSR count). The van der Waals surface area contributed by atoms with Crippen molar-refractivity contribution in [3.63, 3.8) is 0 Å². The predicted molar refractivity (Wildman–Crippen MR) is 103 cm³/mol. The molecule has 13 nitrogen and oxygen atoms in total. The fourth-order valence-corrected chi connectivity index (χ4v) is 4.72. The SMILES string of the molecule is N[C@@H]1C(=O)N2C(C(=O)O)=C(C[n+]3ccc(NC=O)n3CC(COC=O)OC=O)CS[C@H]12. The molecule has 166 valence electrons. The van der Waals surface area contributed by atoms with Crippen LogP contribution in [0.25, 0.3) is 0 Å². The monoisotopic (exact) mass is 454 g/mol. The van der Waals surface area contributed by atoms with Crippen molar-refractivity contribution >= 4 is 48.8 Å². The Bertz CT molecular complexity index is 932. The van der Waals surface area contributed by atoms with Gasteiger partial charge in [0.15, 0.2) is 24.7 Å². The molecule has 2 aliphatic rings. The Morgan fingerprint density at radius 1 is 1.42 bits per heavy atom. The molecule has 1 unspecified atom stereocenters. The third kappa shape index (κ3) is 4.39. The van der Waals surface area contributed by atoms with Crippen LogP contribution in [0.3, 0.4) is 0 Å². The molecule has 2 aliphatic heterocycles. The highest BCUT2D eigenvalue weighted by molar-refractivity contribution is 8.00. The number of carbonyl (C=O) groups excluding carboxylic acids is 4. The van der Waals surface area contributed by atoms with Crippen molar-refractivity contribution in [3.8, 4) is 0 Å². The zero-order chi connectivity index (χ0) is 22.5. The summed E-state index contributed by atoms with van der Waals surface area (Å²) >= 11 is 1.36. The van der Waals surface area contributed by atoms with Crippen molar-refractivity contribution in [2.24, 2.45) is 5.73 Å². The summed E-state index contributed by atoms with van der Waals surface area (Å²) in [5.41, 5.74) is 6.11. The number of nitrogens with two attached hydrogens (primary N) is 1. The Labute approximate surface area is 179 Å². The minimum absolute atomic E-state index is 0.00523. The molecule has 0 radical (unpaired) electrons. The van der Waals surface area contributed by atoms with Gasteiger partial charge in [0.1, 0.15) is 30.3 Å². The van der Waals surface area contributed by atoms with Crippen LogP contribution in [0, 0.1) is 0 Å². The Hall–Kier alpha value is -3.39. The maximum Gasteiger partial charge on any atom is 0.352 e. The van der Waals surface area contributed by atoms with Crippen LogP contribution in [0.4, 0.5) is 5.82 Å². The van der Waals surface area contributed by atoms with E-state index < -0.39 is 29.4 Å². The van der Waals surface area contributed by atoms with Gasteiger partial charge in [-0.05, 0) is 0 Å². The van der Waals surface area contributed by atoms with Gasteiger partial charge in [-0.2, -0.15) is 0 Å². The highest BCUT2D eigenvalue weighted by Gasteiger charge is 2.52. The number of nitrogens with zero attached hydrogens (tertiary/aromatic N) is 3. The van der Waals surface area contributed by atoms with E-state index in [4.69, 9.17) is 10.5 Å². The summed E-state index contributed by atoms with van der Waals surface area (Å²) in [6, 6.07) is 0.831. The molecule has 0 bridgehead atoms. The van der Waals surface area contributed by atoms with E-state index >= 15 is 0 Å². The van der Waals surface area contributed by atoms with Crippen molar-refractivity contribution in [3.05, 3.63) is 23.5 Å². The number of nitrogens with one attached hydrogen (secondary N) is 1. The molecule has 1 aromatic heterocycles. The molecule has 1 saturated heterocycles. The molecular formula is C17H20N5O8S+. The molecule has 0 spiro atoms. The van der Waals surface area contributed by atoms with Gasteiger partial charge in [-0.15, -0.1) is 21.1 Å². The van der Waals surface area contributed by atoms with Crippen molar-refractivity contribution in [2.45, 2.75) is 30.6 Å². The summed E-state index contributed by atoms with van der Waals surface area (Å²) in [6.07, 6.45) is 1.19. The van der Waals surface area contributed by atoms with Gasteiger partial charge in [0.25, 0.3) is 12.9 Å². The highest BCUT2D eigenvalue weighted by atomic mass is 32.2.